The molecular weight excluding hydrogens is 905 g/mol. The Kier molecular flexibility index (Phi) is 47.5. The van der Waals surface area contributed by atoms with Gasteiger partial charge in [0, 0.05) is 19.3 Å². The molecule has 0 aromatic carbocycles. The van der Waals surface area contributed by atoms with E-state index in [1.807, 2.05) is 0 Å². The van der Waals surface area contributed by atoms with Crippen molar-refractivity contribution in [3.63, 3.8) is 0 Å². The lowest BCUT2D eigenvalue weighted by atomic mass is 9.70. The van der Waals surface area contributed by atoms with Crippen molar-refractivity contribution in [2.24, 2.45) is 5.41 Å². The first-order chi connectivity index (χ1) is 34.9. The average Bonchev–Trinajstić information content (AvgIpc) is 3.36. The highest BCUT2D eigenvalue weighted by Crippen LogP contribution is 2.39. The second kappa shape index (κ2) is 49.3. The number of aliphatic hydroxyl groups excluding tert-OH is 2. The maximum atomic E-state index is 14.5. The Bertz CT molecular complexity index is 1270. The number of aliphatic hydroxyl groups is 2. The molecular formula is C62H114O10. The van der Waals surface area contributed by atoms with Crippen LogP contribution in [0.3, 0.4) is 0 Å². The standard InChI is InChI=1S/C62H114O10/c1-7-11-14-17-20-23-26-29-30-33-36-39-42-45-48-51-57(67)70-52-62(10-4,58(71-60(68)53(5)63)55(65)49-46-43-40-37-34-31-27-24-21-18-15-12-8-2)59(72-61(69)54(6)64)56(66)50-47-44-41-38-35-32-28-25-22-19-16-13-9-3/h29-30,53-54,58-59,63-64H,7-28,31-52H2,1-6H3/b30-29-. The van der Waals surface area contributed by atoms with Gasteiger partial charge in [-0.25, -0.2) is 9.59 Å². The van der Waals surface area contributed by atoms with Crippen LogP contribution in [0.2, 0.25) is 0 Å². The van der Waals surface area contributed by atoms with Crippen LogP contribution in [0.1, 0.15) is 318 Å². The summed E-state index contributed by atoms with van der Waals surface area (Å²) in [6.45, 7) is 10.4. The third-order valence-electron chi connectivity index (χ3n) is 14.6. The molecule has 10 heteroatoms. The number of carbonyl (C=O) groups excluding carboxylic acids is 5. The summed E-state index contributed by atoms with van der Waals surface area (Å²) in [7, 11) is 0. The van der Waals surface area contributed by atoms with Crippen LogP contribution >= 0.6 is 0 Å². The molecule has 0 aliphatic carbocycles. The normalized spacial score (nSPS) is 14.2. The first kappa shape index (κ1) is 69.4. The number of carbonyl (C=O) groups is 5. The van der Waals surface area contributed by atoms with Crippen LogP contribution < -0.4 is 0 Å². The number of ketones is 2. The second-order valence-electron chi connectivity index (χ2n) is 21.5. The fourth-order valence-corrected chi connectivity index (χ4v) is 9.72. The summed E-state index contributed by atoms with van der Waals surface area (Å²) in [4.78, 5) is 69.1. The van der Waals surface area contributed by atoms with E-state index in [9.17, 15) is 34.2 Å². The molecule has 0 saturated carbocycles. The molecule has 0 aromatic heterocycles. The summed E-state index contributed by atoms with van der Waals surface area (Å²) < 4.78 is 17.7. The molecule has 422 valence electrons. The van der Waals surface area contributed by atoms with Gasteiger partial charge >= 0.3 is 17.9 Å². The molecule has 0 aliphatic rings. The van der Waals surface area contributed by atoms with E-state index in [1.54, 1.807) is 6.92 Å². The van der Waals surface area contributed by atoms with Crippen molar-refractivity contribution in [1.29, 1.82) is 0 Å². The maximum Gasteiger partial charge on any atom is 0.335 e. The van der Waals surface area contributed by atoms with Crippen LogP contribution in [0.15, 0.2) is 12.2 Å². The van der Waals surface area contributed by atoms with E-state index in [4.69, 9.17) is 14.2 Å². The van der Waals surface area contributed by atoms with Crippen molar-refractivity contribution in [1.82, 2.24) is 0 Å². The molecule has 2 N–H and O–H groups in total. The number of rotatable bonds is 54. The van der Waals surface area contributed by atoms with E-state index in [2.05, 4.69) is 32.9 Å². The zero-order chi connectivity index (χ0) is 53.3. The first-order valence-electron chi connectivity index (χ1n) is 30.5. The van der Waals surface area contributed by atoms with Crippen molar-refractivity contribution in [2.75, 3.05) is 6.61 Å². The molecule has 0 saturated heterocycles. The molecule has 0 aromatic rings. The van der Waals surface area contributed by atoms with Gasteiger partial charge in [0.25, 0.3) is 0 Å². The lowest BCUT2D eigenvalue weighted by Crippen LogP contribution is -2.58. The number of unbranched alkanes of at least 4 members (excludes halogenated alkanes) is 35. The minimum absolute atomic E-state index is 0.0181. The number of hydrogen-bond donors (Lipinski definition) is 2. The number of Topliss-reactive ketones (excluding diaryl/α,β-unsaturated/α-hetero) is 2. The van der Waals surface area contributed by atoms with Crippen molar-refractivity contribution < 1.29 is 48.4 Å². The summed E-state index contributed by atoms with van der Waals surface area (Å²) in [5.41, 5.74) is -1.81. The third kappa shape index (κ3) is 37.2. The molecule has 0 amide bonds. The Labute approximate surface area is 442 Å². The molecule has 0 heterocycles. The van der Waals surface area contributed by atoms with Crippen LogP contribution in [0, 0.1) is 5.41 Å². The Hall–Kier alpha value is -2.59. The molecule has 72 heavy (non-hydrogen) atoms. The van der Waals surface area contributed by atoms with Gasteiger partial charge in [-0.15, -0.1) is 0 Å². The zero-order valence-electron chi connectivity index (χ0n) is 47.7. The molecule has 4 atom stereocenters. The zero-order valence-corrected chi connectivity index (χ0v) is 47.7. The van der Waals surface area contributed by atoms with Crippen LogP contribution in [-0.4, -0.2) is 70.7 Å². The predicted molar refractivity (Wildman–Crippen MR) is 297 cm³/mol. The number of ether oxygens (including phenoxy) is 3. The highest BCUT2D eigenvalue weighted by molar-refractivity contribution is 5.91. The van der Waals surface area contributed by atoms with Gasteiger partial charge in [-0.2, -0.15) is 0 Å². The Morgan fingerprint density at radius 3 is 0.931 bits per heavy atom. The molecule has 4 unspecified atom stereocenters. The highest BCUT2D eigenvalue weighted by atomic mass is 16.6. The highest BCUT2D eigenvalue weighted by Gasteiger charge is 2.55. The van der Waals surface area contributed by atoms with Gasteiger partial charge in [0.15, 0.2) is 23.8 Å². The second-order valence-corrected chi connectivity index (χ2v) is 21.5. The predicted octanol–water partition coefficient (Wildman–Crippen LogP) is 16.6. The number of hydrogen-bond acceptors (Lipinski definition) is 10. The van der Waals surface area contributed by atoms with E-state index in [1.165, 1.54) is 155 Å². The fraction of sp³-hybridized carbons (Fsp3) is 0.887. The topological polar surface area (TPSA) is 154 Å². The average molecular weight is 1020 g/mol. The Morgan fingerprint density at radius 1 is 0.389 bits per heavy atom. The maximum absolute atomic E-state index is 14.5. The summed E-state index contributed by atoms with van der Waals surface area (Å²) in [5.74, 6) is -3.65. The fourth-order valence-electron chi connectivity index (χ4n) is 9.72. The van der Waals surface area contributed by atoms with Gasteiger partial charge in [-0.3, -0.25) is 14.4 Å². The molecule has 0 aliphatic heterocycles. The Balaban J connectivity index is 5.98. The molecule has 10 nitrogen and oxygen atoms in total. The van der Waals surface area contributed by atoms with E-state index in [0.717, 1.165) is 89.9 Å². The van der Waals surface area contributed by atoms with E-state index in [0.29, 0.717) is 19.3 Å². The summed E-state index contributed by atoms with van der Waals surface area (Å²) in [6, 6.07) is 0. The van der Waals surface area contributed by atoms with Gasteiger partial charge in [-0.05, 0) is 65.2 Å². The van der Waals surface area contributed by atoms with Gasteiger partial charge in [0.05, 0.1) is 5.41 Å². The van der Waals surface area contributed by atoms with Crippen molar-refractivity contribution in [3.8, 4) is 0 Å². The van der Waals surface area contributed by atoms with E-state index in [-0.39, 0.29) is 25.7 Å². The molecule has 0 spiro atoms. The molecule has 0 bridgehead atoms. The van der Waals surface area contributed by atoms with Crippen LogP contribution in [0.4, 0.5) is 0 Å². The monoisotopic (exact) mass is 1020 g/mol. The summed E-state index contributed by atoms with van der Waals surface area (Å²) in [6.07, 6.45) is 42.0. The van der Waals surface area contributed by atoms with Gasteiger partial charge in [-0.1, -0.05) is 245 Å². The largest absolute Gasteiger partial charge is 0.465 e. The molecule has 0 rings (SSSR count). The smallest absolute Gasteiger partial charge is 0.335 e. The Morgan fingerprint density at radius 2 is 0.653 bits per heavy atom. The van der Waals surface area contributed by atoms with Crippen LogP contribution in [0.25, 0.3) is 0 Å². The summed E-state index contributed by atoms with van der Waals surface area (Å²) >= 11 is 0. The quantitative estimate of drug-likeness (QED) is 0.0260. The molecule has 0 radical (unpaired) electrons. The number of esters is 3. The van der Waals surface area contributed by atoms with Gasteiger partial charge in [0.2, 0.25) is 0 Å². The van der Waals surface area contributed by atoms with E-state index >= 15 is 0 Å². The lowest BCUT2D eigenvalue weighted by Gasteiger charge is -2.42. The van der Waals surface area contributed by atoms with Crippen molar-refractivity contribution in [2.45, 2.75) is 342 Å². The molecule has 0 fully saturated rings. The van der Waals surface area contributed by atoms with Gasteiger partial charge in [0.1, 0.15) is 18.8 Å². The lowest BCUT2D eigenvalue weighted by molar-refractivity contribution is -0.198. The summed E-state index contributed by atoms with van der Waals surface area (Å²) in [5, 5.41) is 20.7. The minimum atomic E-state index is -1.81. The minimum Gasteiger partial charge on any atom is -0.465 e. The van der Waals surface area contributed by atoms with Crippen LogP contribution in [-0.2, 0) is 38.2 Å². The SMILES string of the molecule is CCCCCCCC/C=C\CCCCCCCC(=O)OCC(CC)(C(OC(=O)C(C)O)C(=O)CCCCCCCCCCCCCCC)C(OC(=O)C(C)O)C(=O)CCCCCCCCCCCCCCC. The number of allylic oxidation sites excluding steroid dienone is 2. The van der Waals surface area contributed by atoms with Crippen molar-refractivity contribution >= 4 is 29.5 Å². The third-order valence-corrected chi connectivity index (χ3v) is 14.6. The first-order valence-corrected chi connectivity index (χ1v) is 30.5. The van der Waals surface area contributed by atoms with Crippen LogP contribution in [0.5, 0.6) is 0 Å². The van der Waals surface area contributed by atoms with Crippen molar-refractivity contribution in [3.05, 3.63) is 12.2 Å². The van der Waals surface area contributed by atoms with E-state index < -0.39 is 65.9 Å². The van der Waals surface area contributed by atoms with Gasteiger partial charge < -0.3 is 24.4 Å².